The average Bonchev–Trinajstić information content (AvgIpc) is 2.76. The van der Waals surface area contributed by atoms with E-state index in [1.165, 1.54) is 32.1 Å². The highest BCUT2D eigenvalue weighted by Crippen LogP contribution is 2.57. The molecule has 0 spiro atoms. The molecule has 0 amide bonds. The molecule has 0 aromatic rings. The lowest BCUT2D eigenvalue weighted by Gasteiger charge is -2.55. The molecule has 3 heteroatoms. The number of nitrogens with one attached hydrogen (secondary N) is 1. The van der Waals surface area contributed by atoms with Crippen molar-refractivity contribution in [3.8, 4) is 6.07 Å². The highest BCUT2D eigenvalue weighted by molar-refractivity contribution is 5.99. The molecule has 4 bridgehead atoms. The van der Waals surface area contributed by atoms with Crippen LogP contribution in [-0.4, -0.2) is 11.8 Å². The van der Waals surface area contributed by atoms with Crippen LogP contribution in [-0.2, 0) is 0 Å². The minimum atomic E-state index is 0.472. The van der Waals surface area contributed by atoms with E-state index in [-0.39, 0.29) is 0 Å². The molecule has 4 fully saturated rings. The zero-order chi connectivity index (χ0) is 11.4. The molecule has 17 heavy (non-hydrogen) atoms. The molecule has 1 N–H and O–H groups in total. The Morgan fingerprint density at radius 1 is 1.06 bits per heavy atom. The minimum absolute atomic E-state index is 0.472. The van der Waals surface area contributed by atoms with E-state index < -0.39 is 0 Å². The Hall–Kier alpha value is -1.04. The van der Waals surface area contributed by atoms with Crippen molar-refractivity contribution in [2.24, 2.45) is 34.7 Å². The second-order valence-electron chi connectivity index (χ2n) is 6.62. The maximum Gasteiger partial charge on any atom is 0.139 e. The van der Waals surface area contributed by atoms with Gasteiger partial charge >= 0.3 is 0 Å². The van der Waals surface area contributed by atoms with Gasteiger partial charge in [0, 0.05) is 6.42 Å². The first-order valence-corrected chi connectivity index (χ1v) is 7.05. The van der Waals surface area contributed by atoms with Gasteiger partial charge in [0.25, 0.3) is 0 Å². The van der Waals surface area contributed by atoms with Crippen LogP contribution in [0.4, 0.5) is 0 Å². The Balaban J connectivity index is 1.54. The van der Waals surface area contributed by atoms with Crippen LogP contribution in [0, 0.1) is 40.9 Å². The van der Waals surface area contributed by atoms with Gasteiger partial charge in [0.2, 0.25) is 0 Å². The molecular weight excluding hydrogens is 210 g/mol. The van der Waals surface area contributed by atoms with Gasteiger partial charge in [-0.2, -0.15) is 10.4 Å². The predicted molar refractivity (Wildman–Crippen MR) is 65.1 cm³/mol. The molecule has 0 saturated heterocycles. The second kappa shape index (κ2) is 3.48. The molecule has 0 aromatic carbocycles. The third kappa shape index (κ3) is 1.43. The van der Waals surface area contributed by atoms with Gasteiger partial charge in [-0.15, -0.1) is 0 Å². The largest absolute Gasteiger partial charge is 0.305 e. The average molecular weight is 229 g/mol. The summed E-state index contributed by atoms with van der Waals surface area (Å²) in [5, 5.41) is 13.1. The van der Waals surface area contributed by atoms with Crippen molar-refractivity contribution in [1.82, 2.24) is 5.43 Å². The third-order valence-corrected chi connectivity index (χ3v) is 5.67. The van der Waals surface area contributed by atoms with Gasteiger partial charge in [-0.1, -0.05) is 0 Å². The van der Waals surface area contributed by atoms with E-state index in [2.05, 4.69) is 16.6 Å². The van der Waals surface area contributed by atoms with Gasteiger partial charge in [-0.3, -0.25) is 0 Å². The summed E-state index contributed by atoms with van der Waals surface area (Å²) in [6.45, 7) is 0. The zero-order valence-electron chi connectivity index (χ0n) is 10.1. The van der Waals surface area contributed by atoms with Crippen molar-refractivity contribution in [1.29, 1.82) is 5.26 Å². The molecule has 1 aliphatic heterocycles. The lowest BCUT2D eigenvalue weighted by atomic mass is 9.50. The first-order chi connectivity index (χ1) is 8.33. The normalized spacial score (nSPS) is 50.9. The molecule has 1 heterocycles. The quantitative estimate of drug-likeness (QED) is 0.750. The van der Waals surface area contributed by atoms with Gasteiger partial charge in [-0.05, 0) is 61.7 Å². The third-order valence-electron chi connectivity index (χ3n) is 5.67. The molecule has 0 radical (unpaired) electrons. The van der Waals surface area contributed by atoms with Crippen molar-refractivity contribution in [3.05, 3.63) is 0 Å². The van der Waals surface area contributed by atoms with Crippen molar-refractivity contribution < 1.29 is 0 Å². The van der Waals surface area contributed by atoms with Crippen LogP contribution in [0.15, 0.2) is 5.10 Å². The fraction of sp³-hybridized carbons (Fsp3) is 0.857. The number of rotatable bonds is 1. The monoisotopic (exact) mass is 229 g/mol. The van der Waals surface area contributed by atoms with Crippen LogP contribution in [0.3, 0.4) is 0 Å². The van der Waals surface area contributed by atoms with Gasteiger partial charge in [0.05, 0.1) is 6.04 Å². The van der Waals surface area contributed by atoms with E-state index in [1.54, 1.807) is 0 Å². The molecule has 3 nitrogen and oxygen atoms in total. The number of nitriles is 1. The van der Waals surface area contributed by atoms with Crippen LogP contribution in [0.5, 0.6) is 0 Å². The van der Waals surface area contributed by atoms with E-state index in [0.29, 0.717) is 11.8 Å². The fourth-order valence-electron chi connectivity index (χ4n) is 5.38. The molecule has 5 rings (SSSR count). The number of hydrazone groups is 1. The van der Waals surface area contributed by atoms with Crippen molar-refractivity contribution in [3.63, 3.8) is 0 Å². The summed E-state index contributed by atoms with van der Waals surface area (Å²) >= 11 is 0. The summed E-state index contributed by atoms with van der Waals surface area (Å²) in [6, 6.07) is 2.68. The predicted octanol–water partition coefficient (Wildman–Crippen LogP) is 2.30. The lowest BCUT2D eigenvalue weighted by molar-refractivity contribution is -0.0494. The standard InChI is InChI=1S/C14H19N3/c15-7-12-6-13(17-16-12)14-10-2-8-1-9(4-10)5-11(14)3-8/h8-11,13-14,17H,1-6H2. The van der Waals surface area contributed by atoms with Crippen molar-refractivity contribution in [2.45, 2.75) is 44.6 Å². The Bertz CT molecular complexity index is 378. The first kappa shape index (κ1) is 9.94. The van der Waals surface area contributed by atoms with Gasteiger partial charge in [0.1, 0.15) is 11.8 Å². The van der Waals surface area contributed by atoms with Gasteiger partial charge < -0.3 is 5.43 Å². The molecule has 4 aliphatic carbocycles. The topological polar surface area (TPSA) is 48.2 Å². The molecule has 0 aromatic heterocycles. The van der Waals surface area contributed by atoms with Crippen LogP contribution < -0.4 is 5.43 Å². The fourth-order valence-corrected chi connectivity index (χ4v) is 5.38. The van der Waals surface area contributed by atoms with E-state index >= 15 is 0 Å². The second-order valence-corrected chi connectivity index (χ2v) is 6.62. The van der Waals surface area contributed by atoms with E-state index in [0.717, 1.165) is 36.0 Å². The number of nitrogens with zero attached hydrogens (tertiary/aromatic N) is 2. The van der Waals surface area contributed by atoms with Crippen molar-refractivity contribution in [2.75, 3.05) is 0 Å². The molecule has 5 aliphatic rings. The Morgan fingerprint density at radius 3 is 2.24 bits per heavy atom. The first-order valence-electron chi connectivity index (χ1n) is 7.05. The summed E-state index contributed by atoms with van der Waals surface area (Å²) < 4.78 is 0. The SMILES string of the molecule is N#CC1=NNC(C2C3CC4CC(C3)CC2C4)C1. The molecule has 90 valence electrons. The maximum atomic E-state index is 8.91. The Labute approximate surface area is 102 Å². The highest BCUT2D eigenvalue weighted by atomic mass is 15.3. The van der Waals surface area contributed by atoms with Crippen LogP contribution >= 0.6 is 0 Å². The maximum absolute atomic E-state index is 8.91. The summed E-state index contributed by atoms with van der Waals surface area (Å²) in [5.41, 5.74) is 3.96. The van der Waals surface area contributed by atoms with Gasteiger partial charge in [0.15, 0.2) is 0 Å². The van der Waals surface area contributed by atoms with Gasteiger partial charge in [-0.25, -0.2) is 0 Å². The number of hydrogen-bond acceptors (Lipinski definition) is 3. The summed E-state index contributed by atoms with van der Waals surface area (Å²) in [6.07, 6.45) is 8.21. The summed E-state index contributed by atoms with van der Waals surface area (Å²) in [5.74, 6) is 4.73. The highest BCUT2D eigenvalue weighted by Gasteiger charge is 2.51. The van der Waals surface area contributed by atoms with E-state index in [4.69, 9.17) is 5.26 Å². The van der Waals surface area contributed by atoms with Crippen LogP contribution in [0.1, 0.15) is 38.5 Å². The van der Waals surface area contributed by atoms with Crippen molar-refractivity contribution >= 4 is 5.71 Å². The minimum Gasteiger partial charge on any atom is -0.305 e. The molecular formula is C14H19N3. The summed E-state index contributed by atoms with van der Waals surface area (Å²) in [4.78, 5) is 0. The smallest absolute Gasteiger partial charge is 0.139 e. The zero-order valence-corrected chi connectivity index (χ0v) is 10.1. The van der Waals surface area contributed by atoms with E-state index in [1.807, 2.05) is 0 Å². The lowest BCUT2D eigenvalue weighted by Crippen LogP contribution is -2.51. The van der Waals surface area contributed by atoms with Crippen LogP contribution in [0.25, 0.3) is 0 Å². The summed E-state index contributed by atoms with van der Waals surface area (Å²) in [7, 11) is 0. The van der Waals surface area contributed by atoms with Crippen LogP contribution in [0.2, 0.25) is 0 Å². The molecule has 1 unspecified atom stereocenters. The Morgan fingerprint density at radius 2 is 1.71 bits per heavy atom. The van der Waals surface area contributed by atoms with E-state index in [9.17, 15) is 0 Å². The number of hydrogen-bond donors (Lipinski definition) is 1. The molecule has 1 atom stereocenters. The Kier molecular flexibility index (Phi) is 2.03. The molecule has 4 saturated carbocycles.